The first-order valence-corrected chi connectivity index (χ1v) is 5.09. The summed E-state index contributed by atoms with van der Waals surface area (Å²) in [6, 6.07) is 0. The van der Waals surface area contributed by atoms with Crippen molar-refractivity contribution in [1.82, 2.24) is 0 Å². The monoisotopic (exact) mass is 190 g/mol. The topological polar surface area (TPSA) is 38.7 Å². The van der Waals surface area contributed by atoms with E-state index in [0.29, 0.717) is 0 Å². The Morgan fingerprint density at radius 1 is 1.23 bits per heavy atom. The van der Waals surface area contributed by atoms with Gasteiger partial charge in [0, 0.05) is 13.0 Å². The third-order valence-electron chi connectivity index (χ3n) is 2.31. The van der Waals surface area contributed by atoms with Gasteiger partial charge < -0.3 is 4.74 Å². The molecular formula is C10H22O3. The van der Waals surface area contributed by atoms with E-state index in [9.17, 15) is 0 Å². The average Bonchev–Trinajstić information content (AvgIpc) is 2.14. The highest BCUT2D eigenvalue weighted by Crippen LogP contribution is 2.16. The third-order valence-corrected chi connectivity index (χ3v) is 2.31. The van der Waals surface area contributed by atoms with Gasteiger partial charge in [-0.25, -0.2) is 10.1 Å². The molecule has 3 nitrogen and oxygen atoms in total. The normalized spacial score (nSPS) is 15.7. The van der Waals surface area contributed by atoms with Gasteiger partial charge in [-0.2, -0.15) is 0 Å². The Balaban J connectivity index is 3.42. The van der Waals surface area contributed by atoms with E-state index in [4.69, 9.17) is 9.99 Å². The summed E-state index contributed by atoms with van der Waals surface area (Å²) in [5.41, 5.74) is 0. The largest absolute Gasteiger partial charge is 0.353 e. The van der Waals surface area contributed by atoms with Gasteiger partial charge in [-0.1, -0.05) is 39.5 Å². The fraction of sp³-hybridized carbons (Fsp3) is 1.00. The lowest BCUT2D eigenvalue weighted by atomic mass is 10.0. The quantitative estimate of drug-likeness (QED) is 0.277. The number of methoxy groups -OCH3 is 1. The molecule has 0 saturated carbocycles. The van der Waals surface area contributed by atoms with Crippen LogP contribution in [0.5, 0.6) is 0 Å². The van der Waals surface area contributed by atoms with Gasteiger partial charge >= 0.3 is 0 Å². The molecular weight excluding hydrogens is 168 g/mol. The third kappa shape index (κ3) is 6.02. The molecule has 3 heteroatoms. The number of unbranched alkanes of at least 4 members (excludes halogenated alkanes) is 3. The van der Waals surface area contributed by atoms with Gasteiger partial charge in [0.2, 0.25) is 0 Å². The second kappa shape index (κ2) is 8.48. The average molecular weight is 190 g/mol. The van der Waals surface area contributed by atoms with E-state index in [2.05, 4.69) is 11.8 Å². The first-order chi connectivity index (χ1) is 6.26. The minimum Gasteiger partial charge on any atom is -0.353 e. The first kappa shape index (κ1) is 12.9. The van der Waals surface area contributed by atoms with Crippen LogP contribution in [-0.2, 0) is 9.62 Å². The van der Waals surface area contributed by atoms with Crippen LogP contribution in [-0.4, -0.2) is 18.7 Å². The molecule has 1 N–H and O–H groups in total. The molecule has 0 aromatic rings. The number of hydrogen-bond donors (Lipinski definition) is 1. The molecule has 0 amide bonds. The Bertz CT molecular complexity index is 102. The summed E-state index contributed by atoms with van der Waals surface area (Å²) in [6.07, 6.45) is 5.53. The van der Waals surface area contributed by atoms with Crippen molar-refractivity contribution in [2.24, 2.45) is 5.92 Å². The maximum absolute atomic E-state index is 8.47. The van der Waals surface area contributed by atoms with Crippen molar-refractivity contribution in [2.45, 2.75) is 52.2 Å². The number of hydrogen-bond acceptors (Lipinski definition) is 3. The maximum atomic E-state index is 8.47. The van der Waals surface area contributed by atoms with Gasteiger partial charge in [0.15, 0.2) is 6.29 Å². The zero-order valence-corrected chi connectivity index (χ0v) is 8.95. The molecule has 0 aliphatic rings. The van der Waals surface area contributed by atoms with E-state index < -0.39 is 6.29 Å². The molecule has 0 saturated heterocycles. The molecule has 0 heterocycles. The van der Waals surface area contributed by atoms with E-state index in [1.54, 1.807) is 7.11 Å². The molecule has 0 aromatic heterocycles. The van der Waals surface area contributed by atoms with Crippen molar-refractivity contribution in [3.05, 3.63) is 0 Å². The maximum Gasteiger partial charge on any atom is 0.193 e. The molecule has 0 radical (unpaired) electrons. The second-order valence-corrected chi connectivity index (χ2v) is 3.54. The molecule has 0 bridgehead atoms. The van der Waals surface area contributed by atoms with Crippen LogP contribution < -0.4 is 0 Å². The summed E-state index contributed by atoms with van der Waals surface area (Å²) in [7, 11) is 1.55. The minimum absolute atomic E-state index is 0.256. The van der Waals surface area contributed by atoms with E-state index in [1.807, 2.05) is 6.92 Å². The molecule has 0 fully saturated rings. The predicted octanol–water partition coefficient (Wildman–Crippen LogP) is 3.06. The zero-order valence-electron chi connectivity index (χ0n) is 8.95. The van der Waals surface area contributed by atoms with Crippen LogP contribution in [0.15, 0.2) is 0 Å². The summed E-state index contributed by atoms with van der Waals surface area (Å²) < 4.78 is 4.95. The lowest BCUT2D eigenvalue weighted by Crippen LogP contribution is -2.22. The SMILES string of the molecule is CCCCCCC(C)C(OC)OO. The van der Waals surface area contributed by atoms with Gasteiger partial charge in [0.1, 0.15) is 0 Å². The highest BCUT2D eigenvalue weighted by molar-refractivity contribution is 4.56. The van der Waals surface area contributed by atoms with E-state index in [1.165, 1.54) is 25.7 Å². The molecule has 80 valence electrons. The van der Waals surface area contributed by atoms with E-state index in [-0.39, 0.29) is 5.92 Å². The highest BCUT2D eigenvalue weighted by atomic mass is 17.1. The molecule has 0 aliphatic heterocycles. The fourth-order valence-electron chi connectivity index (χ4n) is 1.41. The smallest absolute Gasteiger partial charge is 0.193 e. The summed E-state index contributed by atoms with van der Waals surface area (Å²) in [6.45, 7) is 4.22. The van der Waals surface area contributed by atoms with Crippen LogP contribution in [0.25, 0.3) is 0 Å². The fourth-order valence-corrected chi connectivity index (χ4v) is 1.41. The van der Waals surface area contributed by atoms with Crippen molar-refractivity contribution >= 4 is 0 Å². The summed E-state index contributed by atoms with van der Waals surface area (Å²) in [4.78, 5) is 4.20. The Morgan fingerprint density at radius 3 is 2.38 bits per heavy atom. The van der Waals surface area contributed by atoms with Gasteiger partial charge in [-0.15, -0.1) is 0 Å². The summed E-state index contributed by atoms with van der Waals surface area (Å²) in [5, 5.41) is 8.47. The van der Waals surface area contributed by atoms with Gasteiger partial charge in [0.05, 0.1) is 0 Å². The van der Waals surface area contributed by atoms with E-state index >= 15 is 0 Å². The van der Waals surface area contributed by atoms with Crippen LogP contribution in [0.2, 0.25) is 0 Å². The lowest BCUT2D eigenvalue weighted by molar-refractivity contribution is -0.353. The van der Waals surface area contributed by atoms with Crippen molar-refractivity contribution in [3.63, 3.8) is 0 Å². The molecule has 13 heavy (non-hydrogen) atoms. The van der Waals surface area contributed by atoms with Crippen molar-refractivity contribution in [1.29, 1.82) is 0 Å². The van der Waals surface area contributed by atoms with Crippen molar-refractivity contribution in [3.8, 4) is 0 Å². The van der Waals surface area contributed by atoms with Crippen molar-refractivity contribution < 1.29 is 14.9 Å². The van der Waals surface area contributed by atoms with Crippen LogP contribution in [0, 0.1) is 5.92 Å². The van der Waals surface area contributed by atoms with Crippen LogP contribution >= 0.6 is 0 Å². The molecule has 0 rings (SSSR count). The van der Waals surface area contributed by atoms with Gasteiger partial charge in [-0.05, 0) is 6.42 Å². The Hall–Kier alpha value is -0.120. The minimum atomic E-state index is -0.471. The molecule has 2 unspecified atom stereocenters. The zero-order chi connectivity index (χ0) is 10.1. The molecule has 2 atom stereocenters. The predicted molar refractivity (Wildman–Crippen MR) is 52.4 cm³/mol. The van der Waals surface area contributed by atoms with Crippen LogP contribution in [0.4, 0.5) is 0 Å². The second-order valence-electron chi connectivity index (χ2n) is 3.54. The first-order valence-electron chi connectivity index (χ1n) is 5.09. The standard InChI is InChI=1S/C10H22O3/c1-4-5-6-7-8-9(2)10(12-3)13-11/h9-11H,4-8H2,1-3H3. The summed E-state index contributed by atoms with van der Waals surface area (Å²) >= 11 is 0. The van der Waals surface area contributed by atoms with Crippen LogP contribution in [0.3, 0.4) is 0 Å². The highest BCUT2D eigenvalue weighted by Gasteiger charge is 2.16. The summed E-state index contributed by atoms with van der Waals surface area (Å²) in [5.74, 6) is 0.256. The number of ether oxygens (including phenoxy) is 1. The van der Waals surface area contributed by atoms with Gasteiger partial charge in [0.25, 0.3) is 0 Å². The van der Waals surface area contributed by atoms with Gasteiger partial charge in [-0.3, -0.25) is 0 Å². The molecule has 0 aromatic carbocycles. The Morgan fingerprint density at radius 2 is 1.92 bits per heavy atom. The van der Waals surface area contributed by atoms with Crippen molar-refractivity contribution in [2.75, 3.05) is 7.11 Å². The Kier molecular flexibility index (Phi) is 8.40. The molecule has 0 spiro atoms. The van der Waals surface area contributed by atoms with E-state index in [0.717, 1.165) is 6.42 Å². The Labute approximate surface area is 81.0 Å². The molecule has 0 aliphatic carbocycles. The van der Waals surface area contributed by atoms with Crippen LogP contribution in [0.1, 0.15) is 46.0 Å². The lowest BCUT2D eigenvalue weighted by Gasteiger charge is -2.18. The number of rotatable bonds is 8.